The van der Waals surface area contributed by atoms with Gasteiger partial charge in [0, 0.05) is 48.5 Å². The van der Waals surface area contributed by atoms with Gasteiger partial charge < -0.3 is 71.1 Å². The first-order chi connectivity index (χ1) is 36.7. The maximum absolute atomic E-state index is 14.1. The SMILES string of the molecule is CC(=O)OC[C@H]1O[C@@H](OC[C@H]2OC(OC(C)=O)[C@H](OC(C)=O)[C@@H](OC(C)=O)[C@H]2OC(C)=O)[C@H](O[C@@H]2O[C@@H](COC(=O)c3ccccc3)[C@H](OC(=O)c3ccccc3)[C@H]2OC(=O)c2ccccc2)[C@@H](OC(C)=O)[C@H]1OC(C)=O. The van der Waals surface area contributed by atoms with Crippen molar-refractivity contribution >= 4 is 59.7 Å². The van der Waals surface area contributed by atoms with Gasteiger partial charge in [0.05, 0.1) is 23.3 Å². The number of benzene rings is 3. The Labute approximate surface area is 439 Å². The van der Waals surface area contributed by atoms with Crippen LogP contribution in [0.1, 0.15) is 79.5 Å². The van der Waals surface area contributed by atoms with Crippen LogP contribution in [-0.2, 0) is 105 Å². The number of rotatable bonds is 20. The molecule has 0 spiro atoms. The lowest BCUT2D eigenvalue weighted by molar-refractivity contribution is -0.350. The number of ether oxygens (including phenoxy) is 15. The van der Waals surface area contributed by atoms with Crippen molar-refractivity contribution in [1.82, 2.24) is 0 Å². The minimum Gasteiger partial charge on any atom is -0.463 e. The molecule has 14 atom stereocenters. The number of hydrogen-bond donors (Lipinski definition) is 0. The van der Waals surface area contributed by atoms with E-state index in [2.05, 4.69) is 0 Å². The Morgan fingerprint density at radius 3 is 1.12 bits per heavy atom. The Morgan fingerprint density at radius 2 is 0.662 bits per heavy atom. The monoisotopic (exact) mass is 1080 g/mol. The van der Waals surface area contributed by atoms with Crippen molar-refractivity contribution in [3.8, 4) is 0 Å². The lowest BCUT2D eigenvalue weighted by Gasteiger charge is -2.46. The molecule has 1 unspecified atom stereocenters. The molecule has 0 radical (unpaired) electrons. The standard InChI is InChI=1S/C52H56O25/c1-26(53)63-23-36-39(66-27(2)54)42(68-29(4)56)45(50(72-36)65-25-38-40(67-28(3)55)43(69-30(5)57)46(70-31(6)58)51(73-38)71-32(7)59)77-52-44(76-49(62)35-21-15-10-16-22-35)41(75-48(61)34-19-13-9-14-20-34)37(74-52)24-64-47(60)33-17-11-8-12-18-33/h8-22,36-46,50-52H,23-25H2,1-7H3/t36-,37+,38-,39+,40+,41+,42+,43+,44-,45-,46-,50-,51?,52+/m1/s1. The van der Waals surface area contributed by atoms with Crippen LogP contribution in [0.25, 0.3) is 0 Å². The van der Waals surface area contributed by atoms with Crippen molar-refractivity contribution in [3.05, 3.63) is 108 Å². The van der Waals surface area contributed by atoms with Gasteiger partial charge in [-0.05, 0) is 36.4 Å². The second-order valence-electron chi connectivity index (χ2n) is 17.3. The van der Waals surface area contributed by atoms with Crippen LogP contribution in [-0.4, -0.2) is 166 Å². The highest BCUT2D eigenvalue weighted by atomic mass is 16.8. The summed E-state index contributed by atoms with van der Waals surface area (Å²) in [6.07, 6.45) is -24.7. The quantitative estimate of drug-likeness (QED) is 0.116. The fourth-order valence-corrected chi connectivity index (χ4v) is 8.29. The van der Waals surface area contributed by atoms with Crippen LogP contribution < -0.4 is 0 Å². The summed E-state index contributed by atoms with van der Waals surface area (Å²) in [5.41, 5.74) is 0.177. The van der Waals surface area contributed by atoms with Crippen LogP contribution in [0.2, 0.25) is 0 Å². The summed E-state index contributed by atoms with van der Waals surface area (Å²) in [5, 5.41) is 0. The van der Waals surface area contributed by atoms with E-state index < -0.39 is 166 Å². The Bertz CT molecular complexity index is 2570. The van der Waals surface area contributed by atoms with Crippen molar-refractivity contribution in [1.29, 1.82) is 0 Å². The molecule has 0 amide bonds. The van der Waals surface area contributed by atoms with Crippen LogP contribution in [0.5, 0.6) is 0 Å². The van der Waals surface area contributed by atoms with E-state index in [1.807, 2.05) is 0 Å². The zero-order valence-corrected chi connectivity index (χ0v) is 42.6. The summed E-state index contributed by atoms with van der Waals surface area (Å²) in [6.45, 7) is 4.84. The topological polar surface area (TPSA) is 309 Å². The summed E-state index contributed by atoms with van der Waals surface area (Å²) >= 11 is 0. The first kappa shape index (κ1) is 58.4. The second-order valence-corrected chi connectivity index (χ2v) is 17.3. The summed E-state index contributed by atoms with van der Waals surface area (Å²) in [7, 11) is 0. The number of carbonyl (C=O) groups excluding carboxylic acids is 10. The Kier molecular flexibility index (Phi) is 20.7. The van der Waals surface area contributed by atoms with Gasteiger partial charge in [0.15, 0.2) is 55.3 Å². The third kappa shape index (κ3) is 16.3. The van der Waals surface area contributed by atoms with Crippen molar-refractivity contribution in [2.75, 3.05) is 19.8 Å². The molecule has 3 aliphatic rings. The molecular formula is C52H56O25. The van der Waals surface area contributed by atoms with E-state index in [9.17, 15) is 47.9 Å². The maximum Gasteiger partial charge on any atom is 0.338 e. The largest absolute Gasteiger partial charge is 0.463 e. The van der Waals surface area contributed by atoms with Crippen LogP contribution in [0.4, 0.5) is 0 Å². The van der Waals surface area contributed by atoms with E-state index in [1.54, 1.807) is 54.6 Å². The molecule has 3 heterocycles. The van der Waals surface area contributed by atoms with Crippen LogP contribution in [0, 0.1) is 0 Å². The van der Waals surface area contributed by atoms with Crippen molar-refractivity contribution in [3.63, 3.8) is 0 Å². The molecule has 25 heteroatoms. The summed E-state index contributed by atoms with van der Waals surface area (Å²) in [6, 6.07) is 23.0. The molecular weight excluding hydrogens is 1020 g/mol. The lowest BCUT2D eigenvalue weighted by atomic mass is 9.97. The molecule has 0 N–H and O–H groups in total. The molecule has 414 valence electrons. The van der Waals surface area contributed by atoms with Crippen LogP contribution >= 0.6 is 0 Å². The molecule has 0 aliphatic carbocycles. The van der Waals surface area contributed by atoms with E-state index in [0.717, 1.165) is 48.5 Å². The third-order valence-electron chi connectivity index (χ3n) is 11.3. The highest BCUT2D eigenvalue weighted by Gasteiger charge is 2.59. The summed E-state index contributed by atoms with van der Waals surface area (Å²) in [5.74, 6) is -9.43. The highest BCUT2D eigenvalue weighted by molar-refractivity contribution is 5.91. The maximum atomic E-state index is 14.1. The lowest BCUT2D eigenvalue weighted by Crippen LogP contribution is -2.65. The van der Waals surface area contributed by atoms with Gasteiger partial charge in [-0.3, -0.25) is 33.6 Å². The normalized spacial score (nSPS) is 27.5. The third-order valence-corrected chi connectivity index (χ3v) is 11.3. The molecule has 77 heavy (non-hydrogen) atoms. The van der Waals surface area contributed by atoms with Crippen LogP contribution in [0.15, 0.2) is 91.0 Å². The van der Waals surface area contributed by atoms with Gasteiger partial charge >= 0.3 is 59.7 Å². The van der Waals surface area contributed by atoms with E-state index in [4.69, 9.17) is 71.1 Å². The minimum absolute atomic E-state index is 0.00597. The van der Waals surface area contributed by atoms with Gasteiger partial charge in [-0.1, -0.05) is 54.6 Å². The fraction of sp³-hybridized carbons (Fsp3) is 0.462. The number of carbonyl (C=O) groups is 10. The Morgan fingerprint density at radius 1 is 0.325 bits per heavy atom. The fourth-order valence-electron chi connectivity index (χ4n) is 8.29. The molecule has 3 aromatic carbocycles. The predicted molar refractivity (Wildman–Crippen MR) is 251 cm³/mol. The van der Waals surface area contributed by atoms with Gasteiger partial charge in [0.25, 0.3) is 0 Å². The van der Waals surface area contributed by atoms with Gasteiger partial charge in [-0.15, -0.1) is 0 Å². The summed E-state index contributed by atoms with van der Waals surface area (Å²) in [4.78, 5) is 130. The molecule has 25 nitrogen and oxygen atoms in total. The smallest absolute Gasteiger partial charge is 0.338 e. The van der Waals surface area contributed by atoms with Gasteiger partial charge in [0.2, 0.25) is 12.4 Å². The number of esters is 10. The first-order valence-corrected chi connectivity index (χ1v) is 23.8. The Hall–Kier alpha value is -7.84. The molecule has 3 fully saturated rings. The van der Waals surface area contributed by atoms with E-state index in [-0.39, 0.29) is 16.7 Å². The van der Waals surface area contributed by atoms with E-state index >= 15 is 0 Å². The Balaban J connectivity index is 1.46. The van der Waals surface area contributed by atoms with Crippen molar-refractivity contribution < 1.29 is 119 Å². The molecule has 0 saturated carbocycles. The zero-order valence-electron chi connectivity index (χ0n) is 42.6. The molecule has 3 saturated heterocycles. The van der Waals surface area contributed by atoms with E-state index in [0.29, 0.717) is 0 Å². The average Bonchev–Trinajstić information content (AvgIpc) is 3.71. The molecule has 3 aliphatic heterocycles. The van der Waals surface area contributed by atoms with Crippen molar-refractivity contribution in [2.45, 2.75) is 134 Å². The zero-order chi connectivity index (χ0) is 55.9. The molecule has 6 rings (SSSR count). The molecule has 3 aromatic rings. The predicted octanol–water partition coefficient (Wildman–Crippen LogP) is 2.66. The van der Waals surface area contributed by atoms with Gasteiger partial charge in [0.1, 0.15) is 31.5 Å². The molecule has 0 aromatic heterocycles. The number of hydrogen-bond acceptors (Lipinski definition) is 25. The van der Waals surface area contributed by atoms with Gasteiger partial charge in [-0.25, -0.2) is 14.4 Å². The first-order valence-electron chi connectivity index (χ1n) is 23.8. The van der Waals surface area contributed by atoms with Crippen LogP contribution in [0.3, 0.4) is 0 Å². The highest BCUT2D eigenvalue weighted by Crippen LogP contribution is 2.37. The molecule has 0 bridgehead atoms. The van der Waals surface area contributed by atoms with Crippen molar-refractivity contribution in [2.24, 2.45) is 0 Å². The average molecular weight is 1080 g/mol. The second kappa shape index (κ2) is 27.3. The minimum atomic E-state index is -1.96. The summed E-state index contributed by atoms with van der Waals surface area (Å²) < 4.78 is 87.9. The van der Waals surface area contributed by atoms with E-state index in [1.165, 1.54) is 36.4 Å². The van der Waals surface area contributed by atoms with Gasteiger partial charge in [-0.2, -0.15) is 0 Å².